The number of sulfone groups is 1. The zero-order valence-electron chi connectivity index (χ0n) is 19.1. The molecule has 1 amide bonds. The van der Waals surface area contributed by atoms with Crippen molar-refractivity contribution in [3.05, 3.63) is 112 Å². The minimum atomic E-state index is -3.57. The van der Waals surface area contributed by atoms with Crippen LogP contribution in [0.1, 0.15) is 32.0 Å². The third-order valence-corrected chi connectivity index (χ3v) is 7.42. The average Bonchev–Trinajstić information content (AvgIpc) is 2.85. The number of rotatable bonds is 7. The van der Waals surface area contributed by atoms with E-state index in [1.807, 2.05) is 0 Å². The largest absolute Gasteiger partial charge is 0.478 e. The molecular weight excluding hydrogens is 500 g/mol. The molecular formula is C27H21ClN2O5S. The maximum atomic E-state index is 12.8. The van der Waals surface area contributed by atoms with E-state index in [-0.39, 0.29) is 22.1 Å². The van der Waals surface area contributed by atoms with Crippen LogP contribution >= 0.6 is 11.6 Å². The van der Waals surface area contributed by atoms with Crippen LogP contribution in [0.15, 0.2) is 90.0 Å². The number of aryl methyl sites for hydroxylation is 1. The van der Waals surface area contributed by atoms with E-state index in [0.29, 0.717) is 38.7 Å². The Morgan fingerprint density at radius 3 is 2.36 bits per heavy atom. The number of halogens is 1. The molecule has 0 unspecified atom stereocenters. The number of aromatic nitrogens is 1. The molecule has 0 saturated carbocycles. The lowest BCUT2D eigenvalue weighted by Gasteiger charge is -2.10. The minimum absolute atomic E-state index is 0.0971. The summed E-state index contributed by atoms with van der Waals surface area (Å²) in [6.07, 6.45) is 1.56. The Hall–Kier alpha value is -4.01. The van der Waals surface area contributed by atoms with E-state index in [4.69, 9.17) is 11.6 Å². The van der Waals surface area contributed by atoms with Crippen LogP contribution in [-0.4, -0.2) is 30.4 Å². The number of carbonyl (C=O) groups excluding carboxylic acids is 1. The quantitative estimate of drug-likeness (QED) is 0.326. The third-order valence-electron chi connectivity index (χ3n) is 5.50. The van der Waals surface area contributed by atoms with Crippen molar-refractivity contribution in [2.75, 3.05) is 5.32 Å². The van der Waals surface area contributed by atoms with Gasteiger partial charge in [0.25, 0.3) is 5.91 Å². The number of benzene rings is 3. The van der Waals surface area contributed by atoms with Gasteiger partial charge in [0.05, 0.1) is 21.9 Å². The summed E-state index contributed by atoms with van der Waals surface area (Å²) in [5.41, 5.74) is 3.18. The molecule has 0 radical (unpaired) electrons. The number of hydrogen-bond donors (Lipinski definition) is 2. The standard InChI is InChI=1S/C27H21ClN2O5S/c1-17-25(27(32)33)13-21(15-29-17)19-4-2-5-20(12-19)26(31)30-23-10-8-18(9-11-23)16-36(34,35)24-7-3-6-22(28)14-24/h2-15H,16H2,1H3,(H,30,31)(H,32,33). The number of nitrogens with one attached hydrogen (secondary N) is 1. The highest BCUT2D eigenvalue weighted by atomic mass is 35.5. The molecule has 36 heavy (non-hydrogen) atoms. The summed E-state index contributed by atoms with van der Waals surface area (Å²) in [6.45, 7) is 1.62. The first-order valence-corrected chi connectivity index (χ1v) is 12.8. The molecule has 0 aliphatic heterocycles. The van der Waals surface area contributed by atoms with E-state index < -0.39 is 15.8 Å². The number of anilines is 1. The molecule has 182 valence electrons. The Bertz CT molecular complexity index is 1570. The van der Waals surface area contributed by atoms with Gasteiger partial charge in [0.1, 0.15) is 0 Å². The van der Waals surface area contributed by atoms with E-state index in [1.54, 1.807) is 73.8 Å². The van der Waals surface area contributed by atoms with Gasteiger partial charge in [-0.05, 0) is 66.6 Å². The fourth-order valence-corrected chi connectivity index (χ4v) is 5.24. The molecule has 7 nitrogen and oxygen atoms in total. The summed E-state index contributed by atoms with van der Waals surface area (Å²) in [7, 11) is -3.57. The number of carbonyl (C=O) groups is 2. The molecule has 4 aromatic rings. The Kier molecular flexibility index (Phi) is 7.19. The third kappa shape index (κ3) is 5.79. The zero-order chi connectivity index (χ0) is 25.9. The molecule has 0 aliphatic carbocycles. The highest BCUT2D eigenvalue weighted by Gasteiger charge is 2.16. The molecule has 1 heterocycles. The number of amides is 1. The molecule has 0 bridgehead atoms. The fraction of sp³-hybridized carbons (Fsp3) is 0.0741. The van der Waals surface area contributed by atoms with Gasteiger partial charge in [-0.3, -0.25) is 9.78 Å². The van der Waals surface area contributed by atoms with Crippen molar-refractivity contribution in [3.8, 4) is 11.1 Å². The monoisotopic (exact) mass is 520 g/mol. The summed E-state index contributed by atoms with van der Waals surface area (Å²) >= 11 is 5.91. The average molecular weight is 521 g/mol. The van der Waals surface area contributed by atoms with E-state index >= 15 is 0 Å². The second kappa shape index (κ2) is 10.3. The van der Waals surface area contributed by atoms with Crippen LogP contribution in [0.4, 0.5) is 5.69 Å². The Morgan fingerprint density at radius 2 is 1.67 bits per heavy atom. The minimum Gasteiger partial charge on any atom is -0.478 e. The summed E-state index contributed by atoms with van der Waals surface area (Å²) in [6, 6.07) is 20.9. The smallest absolute Gasteiger partial charge is 0.337 e. The summed E-state index contributed by atoms with van der Waals surface area (Å²) in [5, 5.41) is 12.5. The highest BCUT2D eigenvalue weighted by molar-refractivity contribution is 7.90. The number of hydrogen-bond acceptors (Lipinski definition) is 5. The van der Waals surface area contributed by atoms with Crippen LogP contribution < -0.4 is 5.32 Å². The van der Waals surface area contributed by atoms with E-state index in [2.05, 4.69) is 10.3 Å². The lowest BCUT2D eigenvalue weighted by atomic mass is 10.0. The van der Waals surface area contributed by atoms with Gasteiger partial charge >= 0.3 is 5.97 Å². The lowest BCUT2D eigenvalue weighted by Crippen LogP contribution is -2.12. The molecule has 0 atom stereocenters. The molecule has 0 aliphatic rings. The molecule has 9 heteroatoms. The normalized spacial score (nSPS) is 11.2. The molecule has 0 spiro atoms. The highest BCUT2D eigenvalue weighted by Crippen LogP contribution is 2.24. The van der Waals surface area contributed by atoms with Gasteiger partial charge < -0.3 is 10.4 Å². The van der Waals surface area contributed by atoms with Gasteiger partial charge in [-0.2, -0.15) is 0 Å². The van der Waals surface area contributed by atoms with Gasteiger partial charge in [-0.25, -0.2) is 13.2 Å². The van der Waals surface area contributed by atoms with Gasteiger partial charge in [-0.1, -0.05) is 41.9 Å². The van der Waals surface area contributed by atoms with Gasteiger partial charge in [0.15, 0.2) is 9.84 Å². The molecule has 1 aromatic heterocycles. The second-order valence-electron chi connectivity index (χ2n) is 8.11. The first-order chi connectivity index (χ1) is 17.1. The van der Waals surface area contributed by atoms with Crippen molar-refractivity contribution < 1.29 is 23.1 Å². The van der Waals surface area contributed by atoms with Crippen molar-refractivity contribution in [1.29, 1.82) is 0 Å². The molecule has 4 rings (SSSR count). The maximum absolute atomic E-state index is 12.8. The van der Waals surface area contributed by atoms with Crippen LogP contribution in [0.25, 0.3) is 11.1 Å². The maximum Gasteiger partial charge on any atom is 0.337 e. The number of nitrogens with zero attached hydrogens (tertiary/aromatic N) is 1. The van der Waals surface area contributed by atoms with Gasteiger partial charge in [0, 0.05) is 28.0 Å². The van der Waals surface area contributed by atoms with Crippen molar-refractivity contribution >= 4 is 39.0 Å². The molecule has 2 N–H and O–H groups in total. The first-order valence-electron chi connectivity index (χ1n) is 10.8. The van der Waals surface area contributed by atoms with Crippen molar-refractivity contribution in [3.63, 3.8) is 0 Å². The number of carboxylic acid groups (broad SMARTS) is 1. The predicted molar refractivity (Wildman–Crippen MR) is 138 cm³/mol. The fourth-order valence-electron chi connectivity index (χ4n) is 3.60. The lowest BCUT2D eigenvalue weighted by molar-refractivity contribution is 0.0695. The van der Waals surface area contributed by atoms with Crippen LogP contribution in [0.5, 0.6) is 0 Å². The van der Waals surface area contributed by atoms with Crippen LogP contribution in [0.2, 0.25) is 5.02 Å². The molecule has 0 fully saturated rings. The number of pyridine rings is 1. The summed E-state index contributed by atoms with van der Waals surface area (Å²) in [5.74, 6) is -1.64. The van der Waals surface area contributed by atoms with Gasteiger partial charge in [-0.15, -0.1) is 0 Å². The van der Waals surface area contributed by atoms with Crippen molar-refractivity contribution in [2.24, 2.45) is 0 Å². The topological polar surface area (TPSA) is 113 Å². The van der Waals surface area contributed by atoms with Crippen LogP contribution in [0.3, 0.4) is 0 Å². The number of aromatic carboxylic acids is 1. The van der Waals surface area contributed by atoms with E-state index in [1.165, 1.54) is 18.2 Å². The zero-order valence-corrected chi connectivity index (χ0v) is 20.7. The van der Waals surface area contributed by atoms with Crippen LogP contribution in [-0.2, 0) is 15.6 Å². The van der Waals surface area contributed by atoms with E-state index in [9.17, 15) is 23.1 Å². The Labute approximate surface area is 213 Å². The predicted octanol–water partition coefficient (Wildman–Crippen LogP) is 5.63. The van der Waals surface area contributed by atoms with E-state index in [0.717, 1.165) is 0 Å². The van der Waals surface area contributed by atoms with Gasteiger partial charge in [0.2, 0.25) is 0 Å². The second-order valence-corrected chi connectivity index (χ2v) is 10.5. The number of carboxylic acids is 1. The van der Waals surface area contributed by atoms with Crippen molar-refractivity contribution in [1.82, 2.24) is 4.98 Å². The summed E-state index contributed by atoms with van der Waals surface area (Å²) in [4.78, 5) is 28.5. The molecule has 0 saturated heterocycles. The summed E-state index contributed by atoms with van der Waals surface area (Å²) < 4.78 is 25.3. The molecule has 3 aromatic carbocycles. The SMILES string of the molecule is Cc1ncc(-c2cccc(C(=O)Nc3ccc(CS(=O)(=O)c4cccc(Cl)c4)cc3)c2)cc1C(=O)O. The Morgan fingerprint density at radius 1 is 0.944 bits per heavy atom. The van der Waals surface area contributed by atoms with Crippen LogP contribution in [0, 0.1) is 6.92 Å². The van der Waals surface area contributed by atoms with Crippen molar-refractivity contribution in [2.45, 2.75) is 17.6 Å². The first kappa shape index (κ1) is 25.1. The Balaban J connectivity index is 1.48.